The zero-order valence-electron chi connectivity index (χ0n) is 16.0. The largest absolute Gasteiger partial charge is 0.280 e. The maximum atomic E-state index is 13.0. The van der Waals surface area contributed by atoms with Crippen molar-refractivity contribution in [2.75, 3.05) is 0 Å². The van der Waals surface area contributed by atoms with Gasteiger partial charge in [-0.1, -0.05) is 0 Å². The summed E-state index contributed by atoms with van der Waals surface area (Å²) in [6.07, 6.45) is 2.60. The summed E-state index contributed by atoms with van der Waals surface area (Å²) in [6, 6.07) is -0.283. The summed E-state index contributed by atoms with van der Waals surface area (Å²) >= 11 is 0. The van der Waals surface area contributed by atoms with Gasteiger partial charge in [0, 0.05) is 35.8 Å². The molecule has 0 bridgehead atoms. The van der Waals surface area contributed by atoms with Crippen molar-refractivity contribution in [1.29, 1.82) is 0 Å². The fourth-order valence-electron chi connectivity index (χ4n) is 6.22. The number of piperidine rings is 2. The van der Waals surface area contributed by atoms with Crippen LogP contribution < -0.4 is 0 Å². The van der Waals surface area contributed by atoms with E-state index in [9.17, 15) is 19.2 Å². The van der Waals surface area contributed by atoms with E-state index < -0.39 is 0 Å². The zero-order valence-corrected chi connectivity index (χ0v) is 16.0. The topological polar surface area (TPSA) is 74.8 Å². The second-order valence-electron chi connectivity index (χ2n) is 9.02. The van der Waals surface area contributed by atoms with Crippen molar-refractivity contribution in [3.63, 3.8) is 0 Å². The molecule has 0 aromatic heterocycles. The third-order valence-corrected chi connectivity index (χ3v) is 7.13. The third-order valence-electron chi connectivity index (χ3n) is 7.13. The van der Waals surface area contributed by atoms with Crippen LogP contribution >= 0.6 is 0 Å². The maximum Gasteiger partial charge on any atom is 0.232 e. The van der Waals surface area contributed by atoms with Gasteiger partial charge in [-0.15, -0.1) is 0 Å². The minimum Gasteiger partial charge on any atom is -0.280 e. The van der Waals surface area contributed by atoms with Crippen LogP contribution in [0.2, 0.25) is 0 Å². The number of rotatable bonds is 2. The highest BCUT2D eigenvalue weighted by atomic mass is 16.2. The quantitative estimate of drug-likeness (QED) is 0.704. The van der Waals surface area contributed by atoms with Gasteiger partial charge in [0.25, 0.3) is 0 Å². The Hall–Kier alpha value is -1.72. The molecular formula is C20H28N2O4. The average molecular weight is 360 g/mol. The molecule has 4 atom stereocenters. The van der Waals surface area contributed by atoms with E-state index >= 15 is 0 Å². The van der Waals surface area contributed by atoms with Crippen molar-refractivity contribution in [1.82, 2.24) is 9.80 Å². The number of amides is 4. The molecule has 0 radical (unpaired) electrons. The van der Waals surface area contributed by atoms with E-state index in [4.69, 9.17) is 0 Å². The van der Waals surface area contributed by atoms with Gasteiger partial charge < -0.3 is 0 Å². The van der Waals surface area contributed by atoms with Crippen molar-refractivity contribution in [3.05, 3.63) is 0 Å². The molecule has 6 nitrogen and oxygen atoms in total. The molecular weight excluding hydrogens is 332 g/mol. The lowest BCUT2D eigenvalue weighted by atomic mass is 9.50. The van der Waals surface area contributed by atoms with E-state index in [1.54, 1.807) is 0 Å². The first kappa shape index (κ1) is 17.7. The lowest BCUT2D eigenvalue weighted by Crippen LogP contribution is -2.67. The minimum atomic E-state index is -0.213. The molecule has 4 unspecified atom stereocenters. The number of nitrogens with zero attached hydrogens (tertiary/aromatic N) is 2. The van der Waals surface area contributed by atoms with Crippen molar-refractivity contribution < 1.29 is 19.2 Å². The summed E-state index contributed by atoms with van der Waals surface area (Å²) < 4.78 is 0. The van der Waals surface area contributed by atoms with Crippen LogP contribution in [0.15, 0.2) is 0 Å². The van der Waals surface area contributed by atoms with Crippen LogP contribution in [0.3, 0.4) is 0 Å². The van der Waals surface area contributed by atoms with Gasteiger partial charge in [0.2, 0.25) is 23.6 Å². The molecule has 0 aromatic carbocycles. The fourth-order valence-corrected chi connectivity index (χ4v) is 6.22. The number of imide groups is 2. The first-order chi connectivity index (χ1) is 12.3. The second kappa shape index (κ2) is 5.89. The van der Waals surface area contributed by atoms with Gasteiger partial charge in [-0.3, -0.25) is 29.0 Å². The summed E-state index contributed by atoms with van der Waals surface area (Å²) in [6.45, 7) is 7.51. The molecule has 2 saturated carbocycles. The van der Waals surface area contributed by atoms with Gasteiger partial charge in [-0.05, 0) is 65.2 Å². The van der Waals surface area contributed by atoms with Gasteiger partial charge in [-0.2, -0.15) is 0 Å². The zero-order chi connectivity index (χ0) is 18.9. The van der Waals surface area contributed by atoms with Crippen LogP contribution in [0.5, 0.6) is 0 Å². The average Bonchev–Trinajstić information content (AvgIpc) is 2.57. The lowest BCUT2D eigenvalue weighted by molar-refractivity contribution is -0.188. The molecule has 142 valence electrons. The van der Waals surface area contributed by atoms with Crippen molar-refractivity contribution in [2.24, 2.45) is 35.5 Å². The Morgan fingerprint density at radius 1 is 0.577 bits per heavy atom. The summed E-state index contributed by atoms with van der Waals surface area (Å²) in [5.74, 6) is -1.47. The number of hydrogen-bond donors (Lipinski definition) is 0. The van der Waals surface area contributed by atoms with Gasteiger partial charge in [0.1, 0.15) is 0 Å². The van der Waals surface area contributed by atoms with Crippen molar-refractivity contribution in [3.8, 4) is 0 Å². The van der Waals surface area contributed by atoms with E-state index in [0.717, 1.165) is 0 Å². The van der Waals surface area contributed by atoms with Crippen LogP contribution in [0, 0.1) is 35.5 Å². The van der Waals surface area contributed by atoms with E-state index in [2.05, 4.69) is 0 Å². The highest BCUT2D eigenvalue weighted by Gasteiger charge is 2.63. The number of hydrogen-bond acceptors (Lipinski definition) is 4. The Labute approximate surface area is 154 Å². The minimum absolute atomic E-state index is 0.0865. The predicted octanol–water partition coefficient (Wildman–Crippen LogP) is 1.83. The third kappa shape index (κ3) is 2.16. The molecule has 2 aliphatic carbocycles. The molecule has 4 aliphatic rings. The van der Waals surface area contributed by atoms with Crippen LogP contribution in [0.4, 0.5) is 0 Å². The SMILES string of the molecule is CC(C)N1C(=O)C2CCC3C(=O)N(C(C)C)C(=O)C4CCC(C1=O)C2C34. The monoisotopic (exact) mass is 360 g/mol. The van der Waals surface area contributed by atoms with E-state index in [1.807, 2.05) is 27.7 Å². The summed E-state index contributed by atoms with van der Waals surface area (Å²) in [4.78, 5) is 55.0. The Balaban J connectivity index is 1.75. The van der Waals surface area contributed by atoms with Gasteiger partial charge in [0.05, 0.1) is 0 Å². The van der Waals surface area contributed by atoms with Gasteiger partial charge in [0.15, 0.2) is 0 Å². The van der Waals surface area contributed by atoms with Crippen LogP contribution in [0.1, 0.15) is 53.4 Å². The Morgan fingerprint density at radius 3 is 1.00 bits per heavy atom. The van der Waals surface area contributed by atoms with Crippen LogP contribution in [-0.4, -0.2) is 45.5 Å². The smallest absolute Gasteiger partial charge is 0.232 e. The van der Waals surface area contributed by atoms with Crippen LogP contribution in [0.25, 0.3) is 0 Å². The van der Waals surface area contributed by atoms with Gasteiger partial charge >= 0.3 is 0 Å². The summed E-state index contributed by atoms with van der Waals surface area (Å²) in [5, 5.41) is 0. The summed E-state index contributed by atoms with van der Waals surface area (Å²) in [7, 11) is 0. The molecule has 4 amide bonds. The first-order valence-corrected chi connectivity index (χ1v) is 9.99. The van der Waals surface area contributed by atoms with Crippen LogP contribution in [-0.2, 0) is 19.2 Å². The molecule has 4 rings (SSSR count). The first-order valence-electron chi connectivity index (χ1n) is 9.99. The van der Waals surface area contributed by atoms with Crippen molar-refractivity contribution in [2.45, 2.75) is 65.5 Å². The molecule has 2 heterocycles. The van der Waals surface area contributed by atoms with Gasteiger partial charge in [-0.25, -0.2) is 0 Å². The molecule has 2 aliphatic heterocycles. The molecule has 26 heavy (non-hydrogen) atoms. The summed E-state index contributed by atoms with van der Waals surface area (Å²) in [5.41, 5.74) is 0. The normalized spacial score (nSPS) is 39.8. The number of carbonyl (C=O) groups excluding carboxylic acids is 4. The molecule has 2 saturated heterocycles. The standard InChI is InChI=1S/C20H28N2O4/c1-9(2)21-17(23)11-5-7-13-16-14(8-6-12(15(11)16)18(21)24)20(26)22(10(3)4)19(13)25/h9-16H,5-8H2,1-4H3. The lowest BCUT2D eigenvalue weighted by Gasteiger charge is -2.58. The number of likely N-dealkylation sites (tertiary alicyclic amines) is 2. The molecule has 0 aromatic rings. The highest BCUT2D eigenvalue weighted by Crippen LogP contribution is 2.57. The maximum absolute atomic E-state index is 13.0. The number of carbonyl (C=O) groups is 4. The van der Waals surface area contributed by atoms with E-state index in [-0.39, 0.29) is 71.2 Å². The van der Waals surface area contributed by atoms with E-state index in [0.29, 0.717) is 25.7 Å². The molecule has 4 fully saturated rings. The predicted molar refractivity (Wildman–Crippen MR) is 93.4 cm³/mol. The highest BCUT2D eigenvalue weighted by molar-refractivity contribution is 6.04. The Kier molecular flexibility index (Phi) is 4.01. The Bertz CT molecular complexity index is 579. The fraction of sp³-hybridized carbons (Fsp3) is 0.800. The van der Waals surface area contributed by atoms with E-state index in [1.165, 1.54) is 9.80 Å². The second-order valence-corrected chi connectivity index (χ2v) is 9.02. The van der Waals surface area contributed by atoms with Crippen molar-refractivity contribution >= 4 is 23.6 Å². The Morgan fingerprint density at radius 2 is 0.808 bits per heavy atom. The molecule has 0 N–H and O–H groups in total. The molecule has 0 spiro atoms. The molecule has 6 heteroatoms.